The highest BCUT2D eigenvalue weighted by molar-refractivity contribution is 5.74. The molecule has 3 heterocycles. The summed E-state index contributed by atoms with van der Waals surface area (Å²) in [6, 6.07) is 0. The third-order valence-electron chi connectivity index (χ3n) is 5.70. The maximum Gasteiger partial charge on any atom is 0.335 e. The van der Waals surface area contributed by atoms with Crippen molar-refractivity contribution in [1.82, 2.24) is 0 Å². The van der Waals surface area contributed by atoms with Gasteiger partial charge in [0.25, 0.3) is 0 Å². The number of hydrogen-bond donors (Lipinski definition) is 1. The Hall–Kier alpha value is -1.03. The molecular weight excluding hydrogens is 392 g/mol. The summed E-state index contributed by atoms with van der Waals surface area (Å²) in [5.74, 6) is -2.17. The fourth-order valence-electron chi connectivity index (χ4n) is 4.20. The van der Waals surface area contributed by atoms with Crippen LogP contribution in [0.15, 0.2) is 11.6 Å². The topological polar surface area (TPSA) is 92.7 Å². The summed E-state index contributed by atoms with van der Waals surface area (Å²) in [5, 5.41) is 10.6. The Kier molecular flexibility index (Phi) is 6.96. The molecule has 3 saturated heterocycles. The minimum Gasteiger partial charge on any atom is -0.467 e. The quantitative estimate of drug-likeness (QED) is 0.489. The lowest BCUT2D eigenvalue weighted by Gasteiger charge is -2.27. The second-order valence-corrected chi connectivity index (χ2v) is 9.62. The van der Waals surface area contributed by atoms with Gasteiger partial charge in [0.1, 0.15) is 18.3 Å². The van der Waals surface area contributed by atoms with E-state index in [2.05, 4.69) is 13.8 Å². The number of rotatable bonds is 7. The molecule has 3 aliphatic heterocycles. The molecule has 0 amide bonds. The number of carbonyl (C=O) groups is 1. The molecule has 0 saturated carbocycles. The molecule has 8 nitrogen and oxygen atoms in total. The third-order valence-corrected chi connectivity index (χ3v) is 5.70. The third kappa shape index (κ3) is 5.23. The Labute approximate surface area is 178 Å². The SMILES string of the molecule is COC(=O)[C@H](O)[C@H](/C=C1\[C@H]2OC(C)(C)O[C@H]2O[C@@H]1[C@H]1COC(C)(C)O1)CCC(C)C. The molecule has 172 valence electrons. The number of methoxy groups -OCH3 is 1. The van der Waals surface area contributed by atoms with Gasteiger partial charge in [-0.25, -0.2) is 4.79 Å². The first kappa shape index (κ1) is 23.6. The summed E-state index contributed by atoms with van der Waals surface area (Å²) in [5.41, 5.74) is 0.814. The zero-order valence-corrected chi connectivity index (χ0v) is 19.0. The molecule has 0 aromatic heterocycles. The van der Waals surface area contributed by atoms with E-state index < -0.39 is 48.1 Å². The number of aliphatic hydroxyl groups is 1. The zero-order chi connectivity index (χ0) is 22.3. The Morgan fingerprint density at radius 3 is 2.40 bits per heavy atom. The van der Waals surface area contributed by atoms with Crippen molar-refractivity contribution >= 4 is 5.97 Å². The molecule has 0 aromatic rings. The van der Waals surface area contributed by atoms with Crippen molar-refractivity contribution in [2.75, 3.05) is 13.7 Å². The molecule has 0 aliphatic carbocycles. The van der Waals surface area contributed by atoms with Crippen LogP contribution in [-0.4, -0.2) is 67.1 Å². The summed E-state index contributed by atoms with van der Waals surface area (Å²) < 4.78 is 34.8. The van der Waals surface area contributed by atoms with Crippen molar-refractivity contribution in [3.05, 3.63) is 11.6 Å². The highest BCUT2D eigenvalue weighted by atomic mass is 16.8. The van der Waals surface area contributed by atoms with Crippen LogP contribution in [0.2, 0.25) is 0 Å². The molecule has 0 aromatic carbocycles. The average molecular weight is 429 g/mol. The normalized spacial score (nSPS) is 35.6. The van der Waals surface area contributed by atoms with Crippen molar-refractivity contribution in [3.8, 4) is 0 Å². The van der Waals surface area contributed by atoms with E-state index in [1.54, 1.807) is 0 Å². The number of hydrogen-bond acceptors (Lipinski definition) is 8. The molecule has 0 bridgehead atoms. The largest absolute Gasteiger partial charge is 0.467 e. The summed E-state index contributed by atoms with van der Waals surface area (Å²) >= 11 is 0. The maximum absolute atomic E-state index is 12.1. The van der Waals surface area contributed by atoms with E-state index >= 15 is 0 Å². The van der Waals surface area contributed by atoms with Crippen molar-refractivity contribution in [2.45, 2.75) is 96.7 Å². The van der Waals surface area contributed by atoms with E-state index in [0.717, 1.165) is 12.0 Å². The lowest BCUT2D eigenvalue weighted by atomic mass is 9.88. The molecule has 3 rings (SSSR count). The smallest absolute Gasteiger partial charge is 0.335 e. The number of esters is 1. The maximum atomic E-state index is 12.1. The van der Waals surface area contributed by atoms with Crippen LogP contribution in [0.1, 0.15) is 54.4 Å². The van der Waals surface area contributed by atoms with Gasteiger partial charge in [-0.2, -0.15) is 0 Å². The van der Waals surface area contributed by atoms with Gasteiger partial charge in [0.05, 0.1) is 13.7 Å². The second-order valence-electron chi connectivity index (χ2n) is 9.62. The van der Waals surface area contributed by atoms with Crippen LogP contribution in [0.4, 0.5) is 0 Å². The number of ether oxygens (including phenoxy) is 6. The van der Waals surface area contributed by atoms with Gasteiger partial charge in [-0.1, -0.05) is 26.3 Å². The minimum absolute atomic E-state index is 0.340. The number of fused-ring (bicyclic) bond motifs is 1. The summed E-state index contributed by atoms with van der Waals surface area (Å²) in [6.07, 6.45) is 0.290. The van der Waals surface area contributed by atoms with Gasteiger partial charge in [-0.3, -0.25) is 0 Å². The van der Waals surface area contributed by atoms with Gasteiger partial charge < -0.3 is 33.5 Å². The van der Waals surface area contributed by atoms with E-state index in [0.29, 0.717) is 18.9 Å². The highest BCUT2D eigenvalue weighted by Gasteiger charge is 2.55. The van der Waals surface area contributed by atoms with E-state index in [-0.39, 0.29) is 6.10 Å². The van der Waals surface area contributed by atoms with Crippen molar-refractivity contribution in [2.24, 2.45) is 11.8 Å². The van der Waals surface area contributed by atoms with E-state index in [1.807, 2.05) is 33.8 Å². The predicted molar refractivity (Wildman–Crippen MR) is 107 cm³/mol. The van der Waals surface area contributed by atoms with E-state index in [4.69, 9.17) is 28.4 Å². The molecule has 0 unspecified atom stereocenters. The van der Waals surface area contributed by atoms with Crippen molar-refractivity contribution in [3.63, 3.8) is 0 Å². The van der Waals surface area contributed by atoms with Crippen LogP contribution in [0.5, 0.6) is 0 Å². The van der Waals surface area contributed by atoms with Crippen molar-refractivity contribution < 1.29 is 38.3 Å². The second kappa shape index (κ2) is 8.84. The molecule has 3 fully saturated rings. The Morgan fingerprint density at radius 2 is 1.83 bits per heavy atom. The van der Waals surface area contributed by atoms with Crippen molar-refractivity contribution in [1.29, 1.82) is 0 Å². The molecule has 0 spiro atoms. The molecule has 3 aliphatic rings. The highest BCUT2D eigenvalue weighted by Crippen LogP contribution is 2.44. The molecule has 8 heteroatoms. The van der Waals surface area contributed by atoms with Gasteiger partial charge in [0.15, 0.2) is 24.0 Å². The summed E-state index contributed by atoms with van der Waals surface area (Å²) in [7, 11) is 1.28. The summed E-state index contributed by atoms with van der Waals surface area (Å²) in [4.78, 5) is 12.1. The number of carbonyl (C=O) groups excluding carboxylic acids is 1. The first-order valence-corrected chi connectivity index (χ1v) is 10.7. The predicted octanol–water partition coefficient (Wildman–Crippen LogP) is 2.53. The standard InChI is InChI=1S/C22H36O8/c1-12(2)8-9-13(16(23)19(24)25-7)10-14-17(15-11-26-21(3,4)28-15)27-20-18(14)29-22(5,6)30-20/h10,12-13,15-18,20,23H,8-9,11H2,1-7H3/b14-10-/t13-,15+,16+,17-,18+,20+/m0/s1. The zero-order valence-electron chi connectivity index (χ0n) is 19.0. The van der Waals surface area contributed by atoms with Crippen LogP contribution >= 0.6 is 0 Å². The van der Waals surface area contributed by atoms with E-state index in [1.165, 1.54) is 7.11 Å². The summed E-state index contributed by atoms with van der Waals surface area (Å²) in [6.45, 7) is 12.0. The lowest BCUT2D eigenvalue weighted by Crippen LogP contribution is -2.36. The Balaban J connectivity index is 1.91. The molecular formula is C22H36O8. The minimum atomic E-state index is -1.27. The average Bonchev–Trinajstić information content (AvgIpc) is 3.26. The molecule has 1 N–H and O–H groups in total. The monoisotopic (exact) mass is 428 g/mol. The van der Waals surface area contributed by atoms with Gasteiger partial charge in [0, 0.05) is 5.92 Å². The van der Waals surface area contributed by atoms with Gasteiger partial charge >= 0.3 is 5.97 Å². The van der Waals surface area contributed by atoms with E-state index in [9.17, 15) is 9.90 Å². The van der Waals surface area contributed by atoms with Crippen LogP contribution in [0, 0.1) is 11.8 Å². The van der Waals surface area contributed by atoms with Crippen LogP contribution in [-0.2, 0) is 33.2 Å². The Bertz CT molecular complexity index is 656. The van der Waals surface area contributed by atoms with Gasteiger partial charge in [0.2, 0.25) is 0 Å². The molecule has 0 radical (unpaired) electrons. The number of aliphatic hydroxyl groups excluding tert-OH is 1. The van der Waals surface area contributed by atoms with Gasteiger partial charge in [-0.05, 0) is 45.6 Å². The van der Waals surface area contributed by atoms with Crippen LogP contribution in [0.25, 0.3) is 0 Å². The Morgan fingerprint density at radius 1 is 1.13 bits per heavy atom. The van der Waals surface area contributed by atoms with Crippen LogP contribution in [0.3, 0.4) is 0 Å². The van der Waals surface area contributed by atoms with Crippen LogP contribution < -0.4 is 0 Å². The molecule has 30 heavy (non-hydrogen) atoms. The fourth-order valence-corrected chi connectivity index (χ4v) is 4.20. The van der Waals surface area contributed by atoms with Gasteiger partial charge in [-0.15, -0.1) is 0 Å². The fraction of sp³-hybridized carbons (Fsp3) is 0.864. The first-order valence-electron chi connectivity index (χ1n) is 10.7. The lowest BCUT2D eigenvalue weighted by molar-refractivity contribution is -0.215. The molecule has 6 atom stereocenters. The first-order chi connectivity index (χ1) is 13.9.